The van der Waals surface area contributed by atoms with E-state index in [1.165, 1.54) is 23.5 Å². The number of ether oxygens (including phenoxy) is 3. The van der Waals surface area contributed by atoms with Crippen LogP contribution in [0.2, 0.25) is 0 Å². The molecule has 184 valence electrons. The Morgan fingerprint density at radius 2 is 1.56 bits per heavy atom. The zero-order valence-corrected chi connectivity index (χ0v) is 20.0. The summed E-state index contributed by atoms with van der Waals surface area (Å²) in [6.07, 6.45) is 0.144. The fourth-order valence-electron chi connectivity index (χ4n) is 3.44. The Kier molecular flexibility index (Phi) is 8.85. The fourth-order valence-corrected chi connectivity index (χ4v) is 5.00. The van der Waals surface area contributed by atoms with E-state index in [4.69, 9.17) is 14.2 Å². The van der Waals surface area contributed by atoms with E-state index >= 15 is 0 Å². The van der Waals surface area contributed by atoms with Crippen molar-refractivity contribution in [1.82, 2.24) is 14.9 Å². The van der Waals surface area contributed by atoms with Crippen LogP contribution in [0.1, 0.15) is 12.0 Å². The van der Waals surface area contributed by atoms with Gasteiger partial charge in [0.1, 0.15) is 17.7 Å². The van der Waals surface area contributed by atoms with Crippen LogP contribution in [-0.2, 0) is 30.8 Å². The molecule has 1 atom stereocenters. The first-order valence-corrected chi connectivity index (χ1v) is 12.3. The number of nitrogens with zero attached hydrogens (tertiary/aromatic N) is 1. The van der Waals surface area contributed by atoms with Crippen LogP contribution >= 0.6 is 0 Å². The molecule has 1 aliphatic rings. The van der Waals surface area contributed by atoms with Gasteiger partial charge in [-0.1, -0.05) is 12.1 Å². The Bertz CT molecular complexity index is 1070. The molecule has 0 radical (unpaired) electrons. The van der Waals surface area contributed by atoms with Crippen molar-refractivity contribution in [1.29, 1.82) is 0 Å². The molecule has 1 aliphatic heterocycles. The quantitative estimate of drug-likeness (QED) is 0.500. The fraction of sp³-hybridized carbons (Fsp3) is 0.391. The highest BCUT2D eigenvalue weighted by atomic mass is 32.2. The number of hydrogen-bond acceptors (Lipinski definition) is 7. The van der Waals surface area contributed by atoms with E-state index in [2.05, 4.69) is 10.6 Å². The van der Waals surface area contributed by atoms with Gasteiger partial charge in [-0.2, -0.15) is 4.31 Å². The van der Waals surface area contributed by atoms with E-state index in [0.29, 0.717) is 25.2 Å². The minimum Gasteiger partial charge on any atom is -0.497 e. The molecule has 1 unspecified atom stereocenters. The largest absolute Gasteiger partial charge is 0.497 e. The van der Waals surface area contributed by atoms with Crippen LogP contribution in [0, 0.1) is 0 Å². The standard InChI is InChI=1S/C23H29N3O7S/c1-31-18-6-4-17(5-7-18)12-13-24-22(27)23(28)25-16-21-26(14-3-15-33-21)34(29,30)20-10-8-19(32-2)9-11-20/h4-11,21H,3,12-16H2,1-2H3,(H,24,27)(H,25,28). The summed E-state index contributed by atoms with van der Waals surface area (Å²) in [5, 5.41) is 5.03. The Morgan fingerprint density at radius 3 is 2.18 bits per heavy atom. The average Bonchev–Trinajstić information content (AvgIpc) is 2.87. The van der Waals surface area contributed by atoms with Gasteiger partial charge in [0, 0.05) is 13.1 Å². The van der Waals surface area contributed by atoms with Gasteiger partial charge in [0.25, 0.3) is 0 Å². The molecule has 3 rings (SSSR count). The van der Waals surface area contributed by atoms with Crippen molar-refractivity contribution >= 4 is 21.8 Å². The lowest BCUT2D eigenvalue weighted by Gasteiger charge is -2.34. The third-order valence-corrected chi connectivity index (χ3v) is 7.23. The lowest BCUT2D eigenvalue weighted by molar-refractivity contribution is -0.140. The molecule has 11 heteroatoms. The first-order valence-electron chi connectivity index (χ1n) is 10.8. The van der Waals surface area contributed by atoms with Gasteiger partial charge in [0.05, 0.1) is 32.3 Å². The molecule has 0 saturated carbocycles. The Balaban J connectivity index is 1.52. The van der Waals surface area contributed by atoms with Gasteiger partial charge in [-0.05, 0) is 54.8 Å². The zero-order valence-electron chi connectivity index (χ0n) is 19.2. The number of carbonyl (C=O) groups excluding carboxylic acids is 2. The molecule has 2 amide bonds. The van der Waals surface area contributed by atoms with Gasteiger partial charge in [-0.3, -0.25) is 9.59 Å². The van der Waals surface area contributed by atoms with Crippen LogP contribution in [0.5, 0.6) is 11.5 Å². The van der Waals surface area contributed by atoms with E-state index in [1.54, 1.807) is 19.2 Å². The molecule has 0 aromatic heterocycles. The molecular formula is C23H29N3O7S. The summed E-state index contributed by atoms with van der Waals surface area (Å²) in [6.45, 7) is 0.711. The summed E-state index contributed by atoms with van der Waals surface area (Å²) >= 11 is 0. The van der Waals surface area contributed by atoms with Crippen molar-refractivity contribution in [3.63, 3.8) is 0 Å². The lowest BCUT2D eigenvalue weighted by atomic mass is 10.1. The number of sulfonamides is 1. The molecule has 1 saturated heterocycles. The second-order valence-electron chi connectivity index (χ2n) is 7.53. The van der Waals surface area contributed by atoms with Gasteiger partial charge in [-0.25, -0.2) is 8.42 Å². The zero-order chi connectivity index (χ0) is 24.6. The van der Waals surface area contributed by atoms with Gasteiger partial charge in [0.15, 0.2) is 0 Å². The number of methoxy groups -OCH3 is 2. The number of hydrogen-bond donors (Lipinski definition) is 2. The van der Waals surface area contributed by atoms with E-state index in [1.807, 2.05) is 24.3 Å². The first-order chi connectivity index (χ1) is 16.3. The van der Waals surface area contributed by atoms with E-state index < -0.39 is 28.1 Å². The van der Waals surface area contributed by atoms with Crippen LogP contribution in [0.4, 0.5) is 0 Å². The Morgan fingerprint density at radius 1 is 0.971 bits per heavy atom. The molecular weight excluding hydrogens is 462 g/mol. The molecule has 2 aromatic carbocycles. The number of carbonyl (C=O) groups is 2. The molecule has 0 aliphatic carbocycles. The van der Waals surface area contributed by atoms with Crippen molar-refractivity contribution in [2.45, 2.75) is 24.0 Å². The molecule has 34 heavy (non-hydrogen) atoms. The topological polar surface area (TPSA) is 123 Å². The van der Waals surface area contributed by atoms with Gasteiger partial charge >= 0.3 is 11.8 Å². The molecule has 0 bridgehead atoms. The first kappa shape index (κ1) is 25.5. The number of benzene rings is 2. The summed E-state index contributed by atoms with van der Waals surface area (Å²) in [5.41, 5.74) is 0.983. The molecule has 2 N–H and O–H groups in total. The third-order valence-electron chi connectivity index (χ3n) is 5.32. The number of nitrogens with one attached hydrogen (secondary N) is 2. The summed E-state index contributed by atoms with van der Waals surface area (Å²) in [6, 6.07) is 13.4. The second kappa shape index (κ2) is 11.8. The Hall–Kier alpha value is -3.15. The van der Waals surface area contributed by atoms with Crippen LogP contribution in [0.3, 0.4) is 0 Å². The van der Waals surface area contributed by atoms with E-state index in [-0.39, 0.29) is 24.5 Å². The maximum atomic E-state index is 13.1. The van der Waals surface area contributed by atoms with Gasteiger partial charge < -0.3 is 24.8 Å². The molecule has 1 fully saturated rings. The second-order valence-corrected chi connectivity index (χ2v) is 9.42. The molecule has 0 spiro atoms. The van der Waals surface area contributed by atoms with Gasteiger partial charge in [0.2, 0.25) is 10.0 Å². The molecule has 10 nitrogen and oxygen atoms in total. The van der Waals surface area contributed by atoms with E-state index in [0.717, 1.165) is 11.3 Å². The van der Waals surface area contributed by atoms with Crippen molar-refractivity contribution in [3.05, 3.63) is 54.1 Å². The van der Waals surface area contributed by atoms with Crippen molar-refractivity contribution in [2.75, 3.05) is 40.5 Å². The third kappa shape index (κ3) is 6.46. The smallest absolute Gasteiger partial charge is 0.309 e. The highest BCUT2D eigenvalue weighted by Gasteiger charge is 2.35. The molecule has 1 heterocycles. The predicted octanol–water partition coefficient (Wildman–Crippen LogP) is 0.916. The normalized spacial score (nSPS) is 16.5. The average molecular weight is 492 g/mol. The van der Waals surface area contributed by atoms with Crippen LogP contribution in [0.25, 0.3) is 0 Å². The van der Waals surface area contributed by atoms with Crippen LogP contribution in [0.15, 0.2) is 53.4 Å². The van der Waals surface area contributed by atoms with Crippen molar-refractivity contribution < 1.29 is 32.2 Å². The SMILES string of the molecule is COc1ccc(CCNC(=O)C(=O)NCC2OCCCN2S(=O)(=O)c2ccc(OC)cc2)cc1. The van der Waals surface area contributed by atoms with Crippen molar-refractivity contribution in [3.8, 4) is 11.5 Å². The van der Waals surface area contributed by atoms with Gasteiger partial charge in [-0.15, -0.1) is 0 Å². The van der Waals surface area contributed by atoms with Crippen LogP contribution in [-0.4, -0.2) is 71.2 Å². The highest BCUT2D eigenvalue weighted by Crippen LogP contribution is 2.23. The number of rotatable bonds is 9. The maximum Gasteiger partial charge on any atom is 0.309 e. The summed E-state index contributed by atoms with van der Waals surface area (Å²) in [5.74, 6) is -0.379. The van der Waals surface area contributed by atoms with Crippen molar-refractivity contribution in [2.24, 2.45) is 0 Å². The minimum absolute atomic E-state index is 0.0893. The lowest BCUT2D eigenvalue weighted by Crippen LogP contribution is -2.53. The summed E-state index contributed by atoms with van der Waals surface area (Å²) in [7, 11) is -0.783. The highest BCUT2D eigenvalue weighted by molar-refractivity contribution is 7.89. The summed E-state index contributed by atoms with van der Waals surface area (Å²) < 4.78 is 43.2. The number of amides is 2. The minimum atomic E-state index is -3.86. The predicted molar refractivity (Wildman–Crippen MR) is 124 cm³/mol. The monoisotopic (exact) mass is 491 g/mol. The molecule has 2 aromatic rings. The Labute approximate surface area is 199 Å². The summed E-state index contributed by atoms with van der Waals surface area (Å²) in [4.78, 5) is 24.5. The van der Waals surface area contributed by atoms with Crippen LogP contribution < -0.4 is 20.1 Å². The van der Waals surface area contributed by atoms with E-state index in [9.17, 15) is 18.0 Å². The maximum absolute atomic E-state index is 13.1.